The van der Waals surface area contributed by atoms with Crippen LogP contribution in [0.5, 0.6) is 0 Å². The summed E-state index contributed by atoms with van der Waals surface area (Å²) in [6.07, 6.45) is 2.79. The van der Waals surface area contributed by atoms with Crippen molar-refractivity contribution in [1.29, 1.82) is 0 Å². The third-order valence-corrected chi connectivity index (χ3v) is 3.08. The Kier molecular flexibility index (Phi) is 1.67. The Balaban J connectivity index is 2.15. The Morgan fingerprint density at radius 3 is 3.00 bits per heavy atom. The van der Waals surface area contributed by atoms with Gasteiger partial charge in [-0.25, -0.2) is 0 Å². The van der Waals surface area contributed by atoms with E-state index in [2.05, 4.69) is 4.90 Å². The smallest absolute Gasteiger partial charge is 0.0685 e. The second-order valence-corrected chi connectivity index (χ2v) is 3.79. The van der Waals surface area contributed by atoms with E-state index >= 15 is 0 Å². The van der Waals surface area contributed by atoms with Gasteiger partial charge in [0.2, 0.25) is 0 Å². The first-order valence-corrected chi connectivity index (χ1v) is 4.31. The number of hydrogen-bond acceptors (Lipinski definition) is 3. The van der Waals surface area contributed by atoms with Gasteiger partial charge in [0.1, 0.15) is 0 Å². The molecule has 2 fully saturated rings. The average molecular weight is 157 g/mol. The van der Waals surface area contributed by atoms with Crippen LogP contribution in [0.4, 0.5) is 0 Å². The fourth-order valence-electron chi connectivity index (χ4n) is 2.51. The Morgan fingerprint density at radius 1 is 1.55 bits per heavy atom. The van der Waals surface area contributed by atoms with E-state index in [9.17, 15) is 10.2 Å². The summed E-state index contributed by atoms with van der Waals surface area (Å²) >= 11 is 0. The van der Waals surface area contributed by atoms with Crippen LogP contribution in [-0.2, 0) is 0 Å². The molecule has 2 heterocycles. The van der Waals surface area contributed by atoms with Gasteiger partial charge in [0, 0.05) is 12.1 Å². The van der Waals surface area contributed by atoms with Crippen LogP contribution in [0.3, 0.4) is 0 Å². The van der Waals surface area contributed by atoms with E-state index < -0.39 is 0 Å². The Labute approximate surface area is 66.6 Å². The molecule has 2 rings (SSSR count). The van der Waals surface area contributed by atoms with Crippen LogP contribution in [0, 0.1) is 0 Å². The van der Waals surface area contributed by atoms with Crippen LogP contribution < -0.4 is 0 Å². The van der Waals surface area contributed by atoms with Crippen LogP contribution in [0.15, 0.2) is 0 Å². The molecule has 2 aliphatic rings. The third-order valence-electron chi connectivity index (χ3n) is 3.08. The molecule has 0 radical (unpaired) electrons. The molecule has 2 saturated heterocycles. The Hall–Kier alpha value is -0.120. The first-order valence-electron chi connectivity index (χ1n) is 4.31. The molecule has 0 spiro atoms. The van der Waals surface area contributed by atoms with Crippen LogP contribution in [0.25, 0.3) is 0 Å². The topological polar surface area (TPSA) is 43.7 Å². The van der Waals surface area contributed by atoms with Crippen molar-refractivity contribution in [2.75, 3.05) is 19.7 Å². The fourth-order valence-corrected chi connectivity index (χ4v) is 2.51. The van der Waals surface area contributed by atoms with Gasteiger partial charge in [-0.2, -0.15) is 0 Å². The molecule has 2 atom stereocenters. The monoisotopic (exact) mass is 157 g/mol. The van der Waals surface area contributed by atoms with E-state index in [0.29, 0.717) is 0 Å². The van der Waals surface area contributed by atoms with Gasteiger partial charge in [-0.15, -0.1) is 0 Å². The van der Waals surface area contributed by atoms with Crippen molar-refractivity contribution in [2.24, 2.45) is 0 Å². The second-order valence-electron chi connectivity index (χ2n) is 3.79. The van der Waals surface area contributed by atoms with Crippen LogP contribution in [0.1, 0.15) is 19.3 Å². The van der Waals surface area contributed by atoms with E-state index in [1.165, 1.54) is 6.42 Å². The highest BCUT2D eigenvalue weighted by Crippen LogP contribution is 2.38. The second kappa shape index (κ2) is 2.44. The molecule has 0 aromatic rings. The summed E-state index contributed by atoms with van der Waals surface area (Å²) < 4.78 is 0. The van der Waals surface area contributed by atoms with E-state index in [-0.39, 0.29) is 18.2 Å². The lowest BCUT2D eigenvalue weighted by atomic mass is 9.95. The summed E-state index contributed by atoms with van der Waals surface area (Å²) in [5, 5.41) is 18.6. The van der Waals surface area contributed by atoms with Gasteiger partial charge in [0.05, 0.1) is 12.7 Å². The summed E-state index contributed by atoms with van der Waals surface area (Å²) in [5.74, 6) is 0. The van der Waals surface area contributed by atoms with E-state index in [1.807, 2.05) is 0 Å². The fraction of sp³-hybridized carbons (Fsp3) is 1.00. The molecule has 0 aromatic heterocycles. The molecule has 64 valence electrons. The van der Waals surface area contributed by atoms with Crippen molar-refractivity contribution >= 4 is 0 Å². The molecule has 3 heteroatoms. The Bertz CT molecular complexity index is 162. The van der Waals surface area contributed by atoms with E-state index in [0.717, 1.165) is 25.9 Å². The highest BCUT2D eigenvalue weighted by Gasteiger charge is 2.47. The molecule has 0 saturated carbocycles. The van der Waals surface area contributed by atoms with Crippen molar-refractivity contribution in [3.63, 3.8) is 0 Å². The normalized spacial score (nSPS) is 44.7. The van der Waals surface area contributed by atoms with Crippen molar-refractivity contribution < 1.29 is 10.2 Å². The number of aliphatic hydroxyl groups is 2. The number of rotatable bonds is 1. The molecule has 0 aromatic carbocycles. The SMILES string of the molecule is OC[C@]12CCCN1C[C@H](O)C2. The largest absolute Gasteiger partial charge is 0.394 e. The van der Waals surface area contributed by atoms with Gasteiger partial charge in [0.15, 0.2) is 0 Å². The molecule has 0 unspecified atom stereocenters. The minimum Gasteiger partial charge on any atom is -0.394 e. The van der Waals surface area contributed by atoms with Crippen molar-refractivity contribution in [1.82, 2.24) is 4.90 Å². The van der Waals surface area contributed by atoms with Crippen LogP contribution in [-0.4, -0.2) is 46.5 Å². The van der Waals surface area contributed by atoms with Crippen LogP contribution in [0.2, 0.25) is 0 Å². The third kappa shape index (κ3) is 0.991. The minimum atomic E-state index is -0.206. The highest BCUT2D eigenvalue weighted by atomic mass is 16.3. The molecule has 0 aliphatic carbocycles. The maximum absolute atomic E-state index is 9.38. The number of hydrogen-bond donors (Lipinski definition) is 2. The molecule has 2 aliphatic heterocycles. The molecule has 3 nitrogen and oxygen atoms in total. The number of β-amino-alcohol motifs (C(OH)–C–C–N with tert-alkyl or cyclic N) is 1. The Morgan fingerprint density at radius 2 is 2.36 bits per heavy atom. The zero-order chi connectivity index (χ0) is 7.90. The average Bonchev–Trinajstić information content (AvgIpc) is 2.43. The molecular formula is C8H15NO2. The predicted molar refractivity (Wildman–Crippen MR) is 41.2 cm³/mol. The molecule has 11 heavy (non-hydrogen) atoms. The number of nitrogens with zero attached hydrogens (tertiary/aromatic N) is 1. The minimum absolute atomic E-state index is 0.0422. The number of fused-ring (bicyclic) bond motifs is 1. The summed E-state index contributed by atoms with van der Waals surface area (Å²) in [5.41, 5.74) is -0.0422. The van der Waals surface area contributed by atoms with Gasteiger partial charge in [0.25, 0.3) is 0 Å². The lowest BCUT2D eigenvalue weighted by Crippen LogP contribution is -2.41. The zero-order valence-corrected chi connectivity index (χ0v) is 6.66. The standard InChI is InChI=1S/C8H15NO2/c10-6-8-2-1-3-9(8)5-7(11)4-8/h7,10-11H,1-6H2/t7-,8-/m1/s1. The van der Waals surface area contributed by atoms with Crippen molar-refractivity contribution in [3.05, 3.63) is 0 Å². The van der Waals surface area contributed by atoms with Gasteiger partial charge >= 0.3 is 0 Å². The van der Waals surface area contributed by atoms with E-state index in [1.54, 1.807) is 0 Å². The zero-order valence-electron chi connectivity index (χ0n) is 6.66. The first-order chi connectivity index (χ1) is 5.27. The summed E-state index contributed by atoms with van der Waals surface area (Å²) in [6.45, 7) is 2.03. The lowest BCUT2D eigenvalue weighted by molar-refractivity contribution is 0.0990. The van der Waals surface area contributed by atoms with Crippen molar-refractivity contribution in [3.8, 4) is 0 Å². The lowest BCUT2D eigenvalue weighted by Gasteiger charge is -2.28. The summed E-state index contributed by atoms with van der Waals surface area (Å²) in [6, 6.07) is 0. The molecule has 0 amide bonds. The molecule has 2 N–H and O–H groups in total. The van der Waals surface area contributed by atoms with Crippen LogP contribution >= 0.6 is 0 Å². The number of aliphatic hydroxyl groups excluding tert-OH is 2. The maximum Gasteiger partial charge on any atom is 0.0685 e. The van der Waals surface area contributed by atoms with Gasteiger partial charge < -0.3 is 10.2 Å². The molecular weight excluding hydrogens is 142 g/mol. The predicted octanol–water partition coefficient (Wildman–Crippen LogP) is -0.422. The summed E-state index contributed by atoms with van der Waals surface area (Å²) in [7, 11) is 0. The van der Waals surface area contributed by atoms with E-state index in [4.69, 9.17) is 0 Å². The van der Waals surface area contributed by atoms with Gasteiger partial charge in [-0.1, -0.05) is 0 Å². The highest BCUT2D eigenvalue weighted by molar-refractivity contribution is 5.02. The maximum atomic E-state index is 9.38. The van der Waals surface area contributed by atoms with Crippen molar-refractivity contribution in [2.45, 2.75) is 30.9 Å². The summed E-state index contributed by atoms with van der Waals surface area (Å²) in [4.78, 5) is 2.23. The molecule has 0 bridgehead atoms. The van der Waals surface area contributed by atoms with Gasteiger partial charge in [-0.05, 0) is 25.8 Å². The first kappa shape index (κ1) is 7.53. The van der Waals surface area contributed by atoms with Gasteiger partial charge in [-0.3, -0.25) is 4.90 Å². The quantitative estimate of drug-likeness (QED) is 0.543.